The van der Waals surface area contributed by atoms with Crippen molar-refractivity contribution in [1.29, 1.82) is 0 Å². The summed E-state index contributed by atoms with van der Waals surface area (Å²) in [4.78, 5) is 11.5. The van der Waals surface area contributed by atoms with Gasteiger partial charge in [-0.3, -0.25) is 0 Å². The molecule has 0 spiro atoms. The van der Waals surface area contributed by atoms with E-state index in [9.17, 15) is 18.0 Å². The Morgan fingerprint density at radius 2 is 1.76 bits per heavy atom. The number of anilines is 1. The molecule has 1 aromatic rings. The maximum atomic E-state index is 13.3. The van der Waals surface area contributed by atoms with Crippen molar-refractivity contribution in [2.45, 2.75) is 26.4 Å². The lowest BCUT2D eigenvalue weighted by atomic mass is 10.1. The molecule has 0 atom stereocenters. The number of carbonyl (C=O) groups is 1. The van der Waals surface area contributed by atoms with Crippen molar-refractivity contribution in [3.05, 3.63) is 29.1 Å². The molecule has 1 rings (SSSR count). The average Bonchev–Trinajstić information content (AvgIpc) is 2.12. The van der Waals surface area contributed by atoms with Crippen molar-refractivity contribution in [3.8, 4) is 0 Å². The Hall–Kier alpha value is -1.72. The van der Waals surface area contributed by atoms with Gasteiger partial charge in [0.15, 0.2) is 11.6 Å². The van der Waals surface area contributed by atoms with Gasteiger partial charge in [-0.2, -0.15) is 0 Å². The lowest BCUT2D eigenvalue weighted by Gasteiger charge is -2.20. The van der Waals surface area contributed by atoms with Crippen LogP contribution in [0.4, 0.5) is 18.9 Å². The lowest BCUT2D eigenvalue weighted by molar-refractivity contribution is 0.00645. The summed E-state index contributed by atoms with van der Waals surface area (Å²) in [6.45, 7) is 4.61. The zero-order chi connectivity index (χ0) is 13.4. The molecule has 0 aliphatic carbocycles. The predicted molar refractivity (Wildman–Crippen MR) is 55.9 cm³/mol. The van der Waals surface area contributed by atoms with E-state index in [1.54, 1.807) is 0 Å². The van der Waals surface area contributed by atoms with Crippen molar-refractivity contribution in [2.24, 2.45) is 0 Å². The van der Waals surface area contributed by atoms with Crippen molar-refractivity contribution >= 4 is 11.7 Å². The second kappa shape index (κ2) is 4.27. The Labute approximate surface area is 96.4 Å². The standard InChI is InChI=1S/C11H12F3NO2/c1-11(2,3)17-10(16)7-8(14)5(12)4-6(13)9(7)15/h4H,15H2,1-3H3. The third-order valence-electron chi connectivity index (χ3n) is 1.81. The van der Waals surface area contributed by atoms with Gasteiger partial charge in [0.2, 0.25) is 0 Å². The number of rotatable bonds is 1. The quantitative estimate of drug-likeness (QED) is 0.471. The minimum absolute atomic E-state index is 0.276. The van der Waals surface area contributed by atoms with Gasteiger partial charge >= 0.3 is 5.97 Å². The summed E-state index contributed by atoms with van der Waals surface area (Å²) in [5, 5.41) is 0. The predicted octanol–water partition coefficient (Wildman–Crippen LogP) is 2.64. The largest absolute Gasteiger partial charge is 0.456 e. The number of esters is 1. The molecule has 0 aliphatic heterocycles. The second-order valence-corrected chi connectivity index (χ2v) is 4.44. The first kappa shape index (κ1) is 13.3. The van der Waals surface area contributed by atoms with Crippen LogP contribution in [0.3, 0.4) is 0 Å². The molecule has 1 aromatic carbocycles. The topological polar surface area (TPSA) is 52.3 Å². The second-order valence-electron chi connectivity index (χ2n) is 4.44. The molecule has 0 heterocycles. The van der Waals surface area contributed by atoms with Crippen molar-refractivity contribution in [3.63, 3.8) is 0 Å². The van der Waals surface area contributed by atoms with Crippen LogP contribution in [0, 0.1) is 17.5 Å². The van der Waals surface area contributed by atoms with Crippen LogP contribution in [0.5, 0.6) is 0 Å². The number of nitrogen functional groups attached to an aromatic ring is 1. The first-order valence-electron chi connectivity index (χ1n) is 4.80. The number of halogens is 3. The highest BCUT2D eigenvalue weighted by Crippen LogP contribution is 2.25. The fraction of sp³-hybridized carbons (Fsp3) is 0.364. The van der Waals surface area contributed by atoms with Crippen LogP contribution < -0.4 is 5.73 Å². The summed E-state index contributed by atoms with van der Waals surface area (Å²) >= 11 is 0. The molecule has 0 unspecified atom stereocenters. The highest BCUT2D eigenvalue weighted by molar-refractivity contribution is 5.95. The number of ether oxygens (including phenoxy) is 1. The van der Waals surface area contributed by atoms with E-state index in [0.717, 1.165) is 0 Å². The third-order valence-corrected chi connectivity index (χ3v) is 1.81. The van der Waals surface area contributed by atoms with Gasteiger partial charge in [-0.05, 0) is 20.8 Å². The van der Waals surface area contributed by atoms with Crippen LogP contribution in [-0.2, 0) is 4.74 Å². The summed E-state index contributed by atoms with van der Waals surface area (Å²) in [5.41, 5.74) is 2.59. The summed E-state index contributed by atoms with van der Waals surface area (Å²) < 4.78 is 44.2. The molecular formula is C11H12F3NO2. The molecule has 0 saturated heterocycles. The van der Waals surface area contributed by atoms with Crippen molar-refractivity contribution in [1.82, 2.24) is 0 Å². The number of benzene rings is 1. The Morgan fingerprint density at radius 1 is 1.24 bits per heavy atom. The van der Waals surface area contributed by atoms with Gasteiger partial charge in [0.25, 0.3) is 0 Å². The molecule has 0 aromatic heterocycles. The maximum absolute atomic E-state index is 13.3. The Morgan fingerprint density at radius 3 is 2.24 bits per heavy atom. The number of carbonyl (C=O) groups excluding carboxylic acids is 1. The molecule has 2 N–H and O–H groups in total. The number of hydrogen-bond acceptors (Lipinski definition) is 3. The maximum Gasteiger partial charge on any atom is 0.343 e. The van der Waals surface area contributed by atoms with Gasteiger partial charge in [-0.15, -0.1) is 0 Å². The Bertz CT molecular complexity index is 441. The highest BCUT2D eigenvalue weighted by atomic mass is 19.2. The van der Waals surface area contributed by atoms with E-state index in [0.29, 0.717) is 0 Å². The fourth-order valence-electron chi connectivity index (χ4n) is 1.14. The summed E-state index contributed by atoms with van der Waals surface area (Å²) in [6, 6.07) is 0.276. The van der Waals surface area contributed by atoms with Crippen molar-refractivity contribution in [2.75, 3.05) is 5.73 Å². The van der Waals surface area contributed by atoms with Crippen molar-refractivity contribution < 1.29 is 22.7 Å². The Balaban J connectivity index is 3.27. The molecule has 94 valence electrons. The van der Waals surface area contributed by atoms with Gasteiger partial charge < -0.3 is 10.5 Å². The third kappa shape index (κ3) is 2.89. The van der Waals surface area contributed by atoms with E-state index in [1.807, 2.05) is 0 Å². The monoisotopic (exact) mass is 247 g/mol. The van der Waals surface area contributed by atoms with Crippen LogP contribution in [-0.4, -0.2) is 11.6 Å². The van der Waals surface area contributed by atoms with E-state index in [4.69, 9.17) is 10.5 Å². The van der Waals surface area contributed by atoms with Gasteiger partial charge in [0.05, 0.1) is 5.69 Å². The van der Waals surface area contributed by atoms with Crippen LogP contribution in [0.2, 0.25) is 0 Å². The Kier molecular flexibility index (Phi) is 3.35. The normalized spacial score (nSPS) is 11.4. The summed E-state index contributed by atoms with van der Waals surface area (Å²) in [7, 11) is 0. The van der Waals surface area contributed by atoms with Crippen LogP contribution in [0.1, 0.15) is 31.1 Å². The smallest absolute Gasteiger partial charge is 0.343 e. The first-order valence-corrected chi connectivity index (χ1v) is 4.80. The van der Waals surface area contributed by atoms with Gasteiger partial charge in [-0.25, -0.2) is 18.0 Å². The summed E-state index contributed by atoms with van der Waals surface area (Å²) in [6.07, 6.45) is 0. The average molecular weight is 247 g/mol. The molecule has 6 heteroatoms. The van der Waals surface area contributed by atoms with E-state index < -0.39 is 40.3 Å². The highest BCUT2D eigenvalue weighted by Gasteiger charge is 2.27. The molecule has 0 radical (unpaired) electrons. The van der Waals surface area contributed by atoms with E-state index in [1.165, 1.54) is 20.8 Å². The SMILES string of the molecule is CC(C)(C)OC(=O)c1c(N)c(F)cc(F)c1F. The first-order chi connectivity index (χ1) is 7.63. The molecule has 0 amide bonds. The fourth-order valence-corrected chi connectivity index (χ4v) is 1.14. The molecular weight excluding hydrogens is 235 g/mol. The van der Waals surface area contributed by atoms with E-state index in [2.05, 4.69) is 0 Å². The molecule has 3 nitrogen and oxygen atoms in total. The van der Waals surface area contributed by atoms with Gasteiger partial charge in [0.1, 0.15) is 17.0 Å². The van der Waals surface area contributed by atoms with Crippen LogP contribution in [0.25, 0.3) is 0 Å². The van der Waals surface area contributed by atoms with E-state index >= 15 is 0 Å². The minimum Gasteiger partial charge on any atom is -0.456 e. The van der Waals surface area contributed by atoms with Crippen LogP contribution in [0.15, 0.2) is 6.07 Å². The molecule has 0 bridgehead atoms. The molecule has 0 saturated carbocycles. The van der Waals surface area contributed by atoms with Crippen LogP contribution >= 0.6 is 0 Å². The zero-order valence-corrected chi connectivity index (χ0v) is 9.61. The lowest BCUT2D eigenvalue weighted by Crippen LogP contribution is -2.25. The minimum atomic E-state index is -1.52. The number of hydrogen-bond donors (Lipinski definition) is 1. The number of nitrogens with two attached hydrogens (primary N) is 1. The van der Waals surface area contributed by atoms with Gasteiger partial charge in [0, 0.05) is 6.07 Å². The zero-order valence-electron chi connectivity index (χ0n) is 9.61. The summed E-state index contributed by atoms with van der Waals surface area (Å²) in [5.74, 6) is -5.41. The van der Waals surface area contributed by atoms with E-state index in [-0.39, 0.29) is 6.07 Å². The molecule has 0 fully saturated rings. The molecule has 17 heavy (non-hydrogen) atoms. The molecule has 0 aliphatic rings. The van der Waals surface area contributed by atoms with Gasteiger partial charge in [-0.1, -0.05) is 0 Å².